The third-order valence-corrected chi connectivity index (χ3v) is 4.41. The standard InChI is InChI=1S/C17H27NO2/c1-15(2,3)17(6,16(4,5)18)14(19)20-12-13-10-8-7-9-11-13/h7-11H,12,18H2,1-6H3. The summed E-state index contributed by atoms with van der Waals surface area (Å²) >= 11 is 0. The first-order valence-electron chi connectivity index (χ1n) is 7.00. The van der Waals surface area contributed by atoms with Crippen LogP contribution in [0.4, 0.5) is 0 Å². The molecule has 0 bridgehead atoms. The summed E-state index contributed by atoms with van der Waals surface area (Å²) in [4.78, 5) is 12.6. The van der Waals surface area contributed by atoms with Crippen molar-refractivity contribution in [2.75, 3.05) is 0 Å². The second-order valence-corrected chi connectivity index (χ2v) is 7.16. The van der Waals surface area contributed by atoms with Crippen LogP contribution in [0, 0.1) is 10.8 Å². The number of hydrogen-bond donors (Lipinski definition) is 1. The second kappa shape index (κ2) is 5.57. The molecule has 1 rings (SSSR count). The molecule has 1 unspecified atom stereocenters. The fourth-order valence-corrected chi connectivity index (χ4v) is 2.40. The molecular formula is C17H27NO2. The first kappa shape index (κ1) is 16.7. The predicted octanol–water partition coefficient (Wildman–Crippen LogP) is 3.52. The molecule has 3 heteroatoms. The van der Waals surface area contributed by atoms with E-state index in [2.05, 4.69) is 0 Å². The van der Waals surface area contributed by atoms with Crippen molar-refractivity contribution >= 4 is 5.97 Å². The van der Waals surface area contributed by atoms with Crippen molar-refractivity contribution in [3.05, 3.63) is 35.9 Å². The van der Waals surface area contributed by atoms with Gasteiger partial charge in [0.25, 0.3) is 0 Å². The van der Waals surface area contributed by atoms with Crippen LogP contribution in [0.2, 0.25) is 0 Å². The smallest absolute Gasteiger partial charge is 0.314 e. The van der Waals surface area contributed by atoms with Gasteiger partial charge in [-0.15, -0.1) is 0 Å². The highest BCUT2D eigenvalue weighted by Crippen LogP contribution is 2.46. The highest BCUT2D eigenvalue weighted by atomic mass is 16.5. The number of benzene rings is 1. The molecule has 0 saturated heterocycles. The maximum atomic E-state index is 12.6. The summed E-state index contributed by atoms with van der Waals surface area (Å²) in [7, 11) is 0. The average molecular weight is 277 g/mol. The van der Waals surface area contributed by atoms with Gasteiger partial charge in [0.05, 0.1) is 5.41 Å². The predicted molar refractivity (Wildman–Crippen MR) is 82.1 cm³/mol. The molecule has 1 atom stereocenters. The topological polar surface area (TPSA) is 52.3 Å². The lowest BCUT2D eigenvalue weighted by Crippen LogP contribution is -2.60. The minimum Gasteiger partial charge on any atom is -0.460 e. The van der Waals surface area contributed by atoms with Gasteiger partial charge in [-0.1, -0.05) is 51.1 Å². The third kappa shape index (κ3) is 3.21. The lowest BCUT2D eigenvalue weighted by Gasteiger charge is -2.48. The summed E-state index contributed by atoms with van der Waals surface area (Å²) in [6.45, 7) is 12.0. The molecule has 112 valence electrons. The molecule has 0 aliphatic rings. The van der Waals surface area contributed by atoms with Crippen molar-refractivity contribution in [3.8, 4) is 0 Å². The lowest BCUT2D eigenvalue weighted by molar-refractivity contribution is -0.169. The lowest BCUT2D eigenvalue weighted by atomic mass is 9.58. The molecule has 3 nitrogen and oxygen atoms in total. The van der Waals surface area contributed by atoms with E-state index in [9.17, 15) is 4.79 Å². The highest BCUT2D eigenvalue weighted by molar-refractivity contribution is 5.79. The van der Waals surface area contributed by atoms with Gasteiger partial charge >= 0.3 is 5.97 Å². The zero-order valence-corrected chi connectivity index (χ0v) is 13.5. The average Bonchev–Trinajstić information content (AvgIpc) is 2.33. The molecule has 0 saturated carbocycles. The molecule has 0 aromatic heterocycles. The SMILES string of the molecule is CC(C)(C)C(C)(C(=O)OCc1ccccc1)C(C)(C)N. The van der Waals surface area contributed by atoms with Crippen LogP contribution in [0.15, 0.2) is 30.3 Å². The Labute approximate surface area is 122 Å². The van der Waals surface area contributed by atoms with Crippen molar-refractivity contribution in [1.29, 1.82) is 0 Å². The summed E-state index contributed by atoms with van der Waals surface area (Å²) < 4.78 is 5.53. The fraction of sp³-hybridized carbons (Fsp3) is 0.588. The Morgan fingerprint density at radius 3 is 1.95 bits per heavy atom. The van der Waals surface area contributed by atoms with Gasteiger partial charge in [-0.05, 0) is 31.7 Å². The quantitative estimate of drug-likeness (QED) is 0.857. The summed E-state index contributed by atoms with van der Waals surface area (Å²) in [5.74, 6) is -0.249. The maximum absolute atomic E-state index is 12.6. The number of carbonyl (C=O) groups excluding carboxylic acids is 1. The molecule has 0 radical (unpaired) electrons. The number of nitrogens with two attached hydrogens (primary N) is 1. The molecule has 20 heavy (non-hydrogen) atoms. The normalized spacial score (nSPS) is 15.6. The van der Waals surface area contributed by atoms with Crippen molar-refractivity contribution in [3.63, 3.8) is 0 Å². The Bertz CT molecular complexity index is 438. The van der Waals surface area contributed by atoms with Crippen molar-refractivity contribution in [1.82, 2.24) is 0 Å². The summed E-state index contributed by atoms with van der Waals surface area (Å²) in [5, 5.41) is 0. The zero-order valence-electron chi connectivity index (χ0n) is 13.5. The van der Waals surface area contributed by atoms with E-state index in [4.69, 9.17) is 10.5 Å². The van der Waals surface area contributed by atoms with E-state index < -0.39 is 11.0 Å². The molecule has 0 aliphatic heterocycles. The molecule has 1 aromatic rings. The Morgan fingerprint density at radius 1 is 1.05 bits per heavy atom. The van der Waals surface area contributed by atoms with Crippen LogP contribution in [0.3, 0.4) is 0 Å². The van der Waals surface area contributed by atoms with Crippen LogP contribution in [0.1, 0.15) is 47.1 Å². The van der Waals surface area contributed by atoms with E-state index in [1.54, 1.807) is 0 Å². The third-order valence-electron chi connectivity index (χ3n) is 4.41. The van der Waals surface area contributed by atoms with Crippen LogP contribution < -0.4 is 5.73 Å². The molecule has 0 spiro atoms. The van der Waals surface area contributed by atoms with Crippen LogP contribution in [-0.2, 0) is 16.1 Å². The van der Waals surface area contributed by atoms with E-state index in [1.165, 1.54) is 0 Å². The van der Waals surface area contributed by atoms with Gasteiger partial charge in [-0.3, -0.25) is 4.79 Å². The first-order chi connectivity index (χ1) is 9.00. The molecule has 0 fully saturated rings. The Kier molecular flexibility index (Phi) is 4.65. The van der Waals surface area contributed by atoms with E-state index in [1.807, 2.05) is 71.9 Å². The van der Waals surface area contributed by atoms with Gasteiger partial charge in [0.15, 0.2) is 0 Å². The van der Waals surface area contributed by atoms with Crippen molar-refractivity contribution in [2.24, 2.45) is 16.6 Å². The monoisotopic (exact) mass is 277 g/mol. The number of rotatable bonds is 4. The van der Waals surface area contributed by atoms with E-state index >= 15 is 0 Å². The Balaban J connectivity index is 2.92. The molecule has 1 aromatic carbocycles. The maximum Gasteiger partial charge on any atom is 0.314 e. The number of esters is 1. The van der Waals surface area contributed by atoms with Crippen molar-refractivity contribution < 1.29 is 9.53 Å². The van der Waals surface area contributed by atoms with Crippen molar-refractivity contribution in [2.45, 2.75) is 53.7 Å². The van der Waals surface area contributed by atoms with E-state index in [-0.39, 0.29) is 18.0 Å². The number of hydrogen-bond acceptors (Lipinski definition) is 3. The van der Waals surface area contributed by atoms with Gasteiger partial charge in [-0.2, -0.15) is 0 Å². The molecule has 2 N–H and O–H groups in total. The molecule has 0 amide bonds. The summed E-state index contributed by atoms with van der Waals surface area (Å²) in [5.41, 5.74) is 5.52. The summed E-state index contributed by atoms with van der Waals surface area (Å²) in [6, 6.07) is 9.68. The van der Waals surface area contributed by atoms with Gasteiger partial charge in [0.1, 0.15) is 6.61 Å². The van der Waals surface area contributed by atoms with Crippen LogP contribution in [-0.4, -0.2) is 11.5 Å². The molecule has 0 heterocycles. The minimum atomic E-state index is -0.769. The zero-order chi connectivity index (χ0) is 15.6. The first-order valence-corrected chi connectivity index (χ1v) is 7.00. The van der Waals surface area contributed by atoms with Gasteiger partial charge < -0.3 is 10.5 Å². The largest absolute Gasteiger partial charge is 0.460 e. The van der Waals surface area contributed by atoms with E-state index in [0.29, 0.717) is 0 Å². The van der Waals surface area contributed by atoms with Gasteiger partial charge in [0, 0.05) is 5.54 Å². The highest BCUT2D eigenvalue weighted by Gasteiger charge is 2.54. The van der Waals surface area contributed by atoms with Crippen LogP contribution in [0.5, 0.6) is 0 Å². The Hall–Kier alpha value is -1.35. The van der Waals surface area contributed by atoms with Gasteiger partial charge in [0.2, 0.25) is 0 Å². The summed E-state index contributed by atoms with van der Waals surface area (Å²) in [6.07, 6.45) is 0. The van der Waals surface area contributed by atoms with Crippen LogP contribution >= 0.6 is 0 Å². The fourth-order valence-electron chi connectivity index (χ4n) is 2.40. The Morgan fingerprint density at radius 2 is 1.55 bits per heavy atom. The van der Waals surface area contributed by atoms with Crippen LogP contribution in [0.25, 0.3) is 0 Å². The molecular weight excluding hydrogens is 250 g/mol. The van der Waals surface area contributed by atoms with Gasteiger partial charge in [-0.25, -0.2) is 0 Å². The number of carbonyl (C=O) groups is 1. The van der Waals surface area contributed by atoms with E-state index in [0.717, 1.165) is 5.56 Å². The number of ether oxygens (including phenoxy) is 1. The second-order valence-electron chi connectivity index (χ2n) is 7.16. The molecule has 0 aliphatic carbocycles. The minimum absolute atomic E-state index is 0.249.